The highest BCUT2D eigenvalue weighted by Crippen LogP contribution is 2.24. The minimum atomic E-state index is -0.971. The molecule has 0 spiro atoms. The molecule has 1 N–H and O–H groups in total. The normalized spacial score (nSPS) is 10.8. The summed E-state index contributed by atoms with van der Waals surface area (Å²) in [4.78, 5) is 15.1. The lowest BCUT2D eigenvalue weighted by molar-refractivity contribution is 0.0697. The van der Waals surface area contributed by atoms with Crippen molar-refractivity contribution in [3.63, 3.8) is 0 Å². The lowest BCUT2D eigenvalue weighted by atomic mass is 10.1. The second-order valence-corrected chi connectivity index (χ2v) is 4.61. The Bertz CT molecular complexity index is 802. The lowest BCUT2D eigenvalue weighted by Gasteiger charge is -1.95. The molecular weight excluding hydrogens is 272 g/mol. The van der Waals surface area contributed by atoms with Gasteiger partial charge in [0.2, 0.25) is 5.82 Å². The van der Waals surface area contributed by atoms with E-state index in [2.05, 4.69) is 15.2 Å². The average molecular weight is 284 g/mol. The number of aromatic carboxylic acids is 1. The topological polar surface area (TPSA) is 94.0 Å². The summed E-state index contributed by atoms with van der Waals surface area (Å²) in [6.07, 6.45) is 1.81. The zero-order chi connectivity index (χ0) is 15.0. The van der Waals surface area contributed by atoms with Crippen molar-refractivity contribution in [3.8, 4) is 22.8 Å². The average Bonchev–Trinajstić information content (AvgIpc) is 3.05. The van der Waals surface area contributed by atoms with Crippen LogP contribution >= 0.6 is 0 Å². The Hall–Kier alpha value is -2.96. The number of carboxylic acid groups (broad SMARTS) is 1. The molecule has 7 heteroatoms. The van der Waals surface area contributed by atoms with Crippen LogP contribution in [-0.2, 0) is 7.05 Å². The molecule has 3 aromatic rings. The Balaban J connectivity index is 1.94. The SMILES string of the molecule is Cc1nn(C)cc1-c1nc(-c2ccc(C(=O)O)cc2)no1. The van der Waals surface area contributed by atoms with E-state index in [0.717, 1.165) is 11.3 Å². The first-order valence-electron chi connectivity index (χ1n) is 6.22. The maximum Gasteiger partial charge on any atom is 0.335 e. The summed E-state index contributed by atoms with van der Waals surface area (Å²) in [6.45, 7) is 1.86. The van der Waals surface area contributed by atoms with Gasteiger partial charge in [0.1, 0.15) is 0 Å². The standard InChI is InChI=1S/C14H12N4O3/c1-8-11(7-18(2)16-8)13-15-12(17-21-13)9-3-5-10(6-4-9)14(19)20/h3-7H,1-2H3,(H,19,20). The minimum absolute atomic E-state index is 0.213. The first-order valence-corrected chi connectivity index (χ1v) is 6.22. The fourth-order valence-electron chi connectivity index (χ4n) is 2.02. The minimum Gasteiger partial charge on any atom is -0.478 e. The molecule has 0 bridgehead atoms. The van der Waals surface area contributed by atoms with Crippen LogP contribution in [-0.4, -0.2) is 31.0 Å². The Morgan fingerprint density at radius 1 is 1.29 bits per heavy atom. The summed E-state index contributed by atoms with van der Waals surface area (Å²) >= 11 is 0. The van der Waals surface area contributed by atoms with Gasteiger partial charge >= 0.3 is 5.97 Å². The number of benzene rings is 1. The molecule has 7 nitrogen and oxygen atoms in total. The zero-order valence-corrected chi connectivity index (χ0v) is 11.4. The van der Waals surface area contributed by atoms with Gasteiger partial charge in [-0.1, -0.05) is 17.3 Å². The summed E-state index contributed by atoms with van der Waals surface area (Å²) in [5, 5.41) is 17.0. The van der Waals surface area contributed by atoms with Crippen LogP contribution in [0, 0.1) is 6.92 Å². The number of carbonyl (C=O) groups is 1. The number of nitrogens with zero attached hydrogens (tertiary/aromatic N) is 4. The number of aromatic nitrogens is 4. The van der Waals surface area contributed by atoms with Gasteiger partial charge < -0.3 is 9.63 Å². The fraction of sp³-hybridized carbons (Fsp3) is 0.143. The first-order chi connectivity index (χ1) is 10.0. The molecule has 0 unspecified atom stereocenters. The summed E-state index contributed by atoms with van der Waals surface area (Å²) in [5.74, 6) is -0.176. The predicted octanol–water partition coefficient (Wildman–Crippen LogP) is 2.14. The summed E-state index contributed by atoms with van der Waals surface area (Å²) < 4.78 is 6.92. The van der Waals surface area contributed by atoms with E-state index in [0.29, 0.717) is 17.3 Å². The molecule has 0 saturated carbocycles. The summed E-state index contributed by atoms with van der Waals surface area (Å²) in [6, 6.07) is 6.30. The van der Waals surface area contributed by atoms with Crippen LogP contribution < -0.4 is 0 Å². The smallest absolute Gasteiger partial charge is 0.335 e. The van der Waals surface area contributed by atoms with E-state index in [9.17, 15) is 4.79 Å². The van der Waals surface area contributed by atoms with Crippen LogP contribution in [0.3, 0.4) is 0 Å². The number of carboxylic acids is 1. The predicted molar refractivity (Wildman–Crippen MR) is 73.6 cm³/mol. The van der Waals surface area contributed by atoms with Gasteiger partial charge in [0.25, 0.3) is 5.89 Å². The van der Waals surface area contributed by atoms with Crippen molar-refractivity contribution >= 4 is 5.97 Å². The van der Waals surface area contributed by atoms with E-state index in [-0.39, 0.29) is 5.56 Å². The van der Waals surface area contributed by atoms with Crippen molar-refractivity contribution in [3.05, 3.63) is 41.7 Å². The van der Waals surface area contributed by atoms with Crippen LogP contribution in [0.4, 0.5) is 0 Å². The molecule has 2 heterocycles. The largest absolute Gasteiger partial charge is 0.478 e. The molecule has 0 radical (unpaired) electrons. The van der Waals surface area contributed by atoms with Crippen molar-refractivity contribution < 1.29 is 14.4 Å². The molecule has 21 heavy (non-hydrogen) atoms. The van der Waals surface area contributed by atoms with Crippen molar-refractivity contribution in [2.24, 2.45) is 7.05 Å². The Morgan fingerprint density at radius 2 is 2.00 bits per heavy atom. The molecule has 0 amide bonds. The van der Waals surface area contributed by atoms with Crippen molar-refractivity contribution in [2.45, 2.75) is 6.92 Å². The third-order valence-electron chi connectivity index (χ3n) is 3.06. The van der Waals surface area contributed by atoms with Gasteiger partial charge in [0, 0.05) is 18.8 Å². The molecule has 0 fully saturated rings. The lowest BCUT2D eigenvalue weighted by Crippen LogP contribution is -1.95. The molecule has 106 valence electrons. The molecule has 0 aliphatic heterocycles. The zero-order valence-electron chi connectivity index (χ0n) is 11.4. The first kappa shape index (κ1) is 13.0. The van der Waals surface area contributed by atoms with Crippen molar-refractivity contribution in [2.75, 3.05) is 0 Å². The Kier molecular flexibility index (Phi) is 3.02. The number of hydrogen-bond acceptors (Lipinski definition) is 5. The second kappa shape index (κ2) is 4.86. The summed E-state index contributed by atoms with van der Waals surface area (Å²) in [7, 11) is 1.82. The van der Waals surface area contributed by atoms with E-state index in [1.807, 2.05) is 14.0 Å². The van der Waals surface area contributed by atoms with Crippen LogP contribution in [0.2, 0.25) is 0 Å². The highest BCUT2D eigenvalue weighted by molar-refractivity contribution is 5.88. The van der Waals surface area contributed by atoms with Crippen molar-refractivity contribution in [1.29, 1.82) is 0 Å². The second-order valence-electron chi connectivity index (χ2n) is 4.61. The number of rotatable bonds is 3. The van der Waals surface area contributed by atoms with Crippen molar-refractivity contribution in [1.82, 2.24) is 19.9 Å². The third-order valence-corrected chi connectivity index (χ3v) is 3.06. The molecular formula is C14H12N4O3. The van der Waals surface area contributed by atoms with Gasteiger partial charge in [-0.3, -0.25) is 4.68 Å². The van der Waals surface area contributed by atoms with E-state index >= 15 is 0 Å². The van der Waals surface area contributed by atoms with Crippen LogP contribution in [0.1, 0.15) is 16.1 Å². The van der Waals surface area contributed by atoms with E-state index in [1.165, 1.54) is 12.1 Å². The van der Waals surface area contributed by atoms with Crippen LogP contribution in [0.5, 0.6) is 0 Å². The molecule has 1 aromatic carbocycles. The third kappa shape index (κ3) is 2.40. The molecule has 3 rings (SSSR count). The fourth-order valence-corrected chi connectivity index (χ4v) is 2.02. The van der Waals surface area contributed by atoms with Gasteiger partial charge in [-0.15, -0.1) is 0 Å². The van der Waals surface area contributed by atoms with E-state index in [4.69, 9.17) is 9.63 Å². The van der Waals surface area contributed by atoms with E-state index in [1.54, 1.807) is 23.0 Å². The highest BCUT2D eigenvalue weighted by Gasteiger charge is 2.15. The van der Waals surface area contributed by atoms with Gasteiger partial charge in [-0.25, -0.2) is 4.79 Å². The van der Waals surface area contributed by atoms with Gasteiger partial charge in [0.05, 0.1) is 16.8 Å². The number of hydrogen-bond donors (Lipinski definition) is 1. The number of aryl methyl sites for hydroxylation is 2. The maximum atomic E-state index is 10.8. The molecule has 0 atom stereocenters. The quantitative estimate of drug-likeness (QED) is 0.791. The van der Waals surface area contributed by atoms with Crippen LogP contribution in [0.15, 0.2) is 35.0 Å². The van der Waals surface area contributed by atoms with Crippen LogP contribution in [0.25, 0.3) is 22.8 Å². The molecule has 0 aliphatic carbocycles. The van der Waals surface area contributed by atoms with Gasteiger partial charge in [-0.05, 0) is 19.1 Å². The Morgan fingerprint density at radius 3 is 2.57 bits per heavy atom. The van der Waals surface area contributed by atoms with Gasteiger partial charge in [-0.2, -0.15) is 10.1 Å². The molecule has 2 aromatic heterocycles. The maximum absolute atomic E-state index is 10.8. The van der Waals surface area contributed by atoms with E-state index < -0.39 is 5.97 Å². The Labute approximate surface area is 119 Å². The molecule has 0 aliphatic rings. The monoisotopic (exact) mass is 284 g/mol. The highest BCUT2D eigenvalue weighted by atomic mass is 16.5. The molecule has 0 saturated heterocycles. The van der Waals surface area contributed by atoms with Gasteiger partial charge in [0.15, 0.2) is 0 Å². The summed E-state index contributed by atoms with van der Waals surface area (Å²) in [5.41, 5.74) is 2.48.